The van der Waals surface area contributed by atoms with Crippen molar-refractivity contribution in [2.75, 3.05) is 0 Å². The predicted octanol–water partition coefficient (Wildman–Crippen LogP) is 2.40. The van der Waals surface area contributed by atoms with Crippen molar-refractivity contribution in [2.45, 2.75) is 38.8 Å². The quantitative estimate of drug-likeness (QED) is 0.857. The lowest BCUT2D eigenvalue weighted by Gasteiger charge is -2.25. The normalized spacial score (nSPS) is 11.5. The van der Waals surface area contributed by atoms with E-state index in [0.29, 0.717) is 6.42 Å². The highest BCUT2D eigenvalue weighted by Gasteiger charge is 2.21. The van der Waals surface area contributed by atoms with Crippen molar-refractivity contribution in [3.63, 3.8) is 0 Å². The molecule has 2 aromatic rings. The molecule has 0 aliphatic rings. The lowest BCUT2D eigenvalue weighted by atomic mass is 9.98. The van der Waals surface area contributed by atoms with Gasteiger partial charge < -0.3 is 15.0 Å². The number of carbonyl (C=O) groups excluding carboxylic acids is 1. The van der Waals surface area contributed by atoms with E-state index >= 15 is 0 Å². The number of carbonyl (C=O) groups is 2. The maximum Gasteiger partial charge on any atom is 0.303 e. The van der Waals surface area contributed by atoms with Crippen LogP contribution < -0.4 is 5.32 Å². The average Bonchev–Trinajstić information content (AvgIpc) is 2.79. The van der Waals surface area contributed by atoms with Gasteiger partial charge in [-0.1, -0.05) is 18.2 Å². The molecular formula is C16H20N2O3. The lowest BCUT2D eigenvalue weighted by Crippen LogP contribution is -2.45. The van der Waals surface area contributed by atoms with Crippen LogP contribution in [-0.2, 0) is 16.1 Å². The molecule has 2 N–H and O–H groups in total. The number of nitrogens with one attached hydrogen (secondary N) is 1. The Hall–Kier alpha value is -2.30. The molecule has 0 fully saturated rings. The van der Waals surface area contributed by atoms with Gasteiger partial charge in [0.1, 0.15) is 6.54 Å². The zero-order valence-corrected chi connectivity index (χ0v) is 12.3. The molecule has 0 saturated heterocycles. The fourth-order valence-corrected chi connectivity index (χ4v) is 2.33. The molecule has 5 heteroatoms. The van der Waals surface area contributed by atoms with E-state index in [2.05, 4.69) is 5.32 Å². The topological polar surface area (TPSA) is 71.3 Å². The van der Waals surface area contributed by atoms with Crippen molar-refractivity contribution < 1.29 is 14.7 Å². The third-order valence-electron chi connectivity index (χ3n) is 3.44. The van der Waals surface area contributed by atoms with Gasteiger partial charge in [-0.25, -0.2) is 0 Å². The second-order valence-electron chi connectivity index (χ2n) is 5.83. The summed E-state index contributed by atoms with van der Waals surface area (Å²) in [6, 6.07) is 9.84. The summed E-state index contributed by atoms with van der Waals surface area (Å²) in [5.74, 6) is -0.972. The molecule has 1 heterocycles. The van der Waals surface area contributed by atoms with Gasteiger partial charge in [0.15, 0.2) is 0 Å². The highest BCUT2D eigenvalue weighted by molar-refractivity contribution is 5.83. The van der Waals surface area contributed by atoms with Crippen molar-refractivity contribution in [3.05, 3.63) is 36.5 Å². The van der Waals surface area contributed by atoms with Gasteiger partial charge in [-0.05, 0) is 37.8 Å². The minimum atomic E-state index is -0.853. The monoisotopic (exact) mass is 288 g/mol. The Morgan fingerprint density at radius 3 is 2.67 bits per heavy atom. The molecule has 21 heavy (non-hydrogen) atoms. The van der Waals surface area contributed by atoms with Crippen LogP contribution in [0.2, 0.25) is 0 Å². The SMILES string of the molecule is CC(C)(CCC(=O)O)NC(=O)Cn1ccc2ccccc21. The van der Waals surface area contributed by atoms with E-state index in [4.69, 9.17) is 5.11 Å². The minimum Gasteiger partial charge on any atom is -0.481 e. The average molecular weight is 288 g/mol. The van der Waals surface area contributed by atoms with Gasteiger partial charge in [-0.15, -0.1) is 0 Å². The number of rotatable bonds is 6. The van der Waals surface area contributed by atoms with Crippen molar-refractivity contribution in [2.24, 2.45) is 0 Å². The van der Waals surface area contributed by atoms with E-state index in [1.54, 1.807) is 0 Å². The predicted molar refractivity (Wildman–Crippen MR) is 81.0 cm³/mol. The Bertz CT molecular complexity index is 658. The van der Waals surface area contributed by atoms with Crippen molar-refractivity contribution in [1.82, 2.24) is 9.88 Å². The summed E-state index contributed by atoms with van der Waals surface area (Å²) in [6.45, 7) is 3.90. The first-order valence-electron chi connectivity index (χ1n) is 6.94. The minimum absolute atomic E-state index is 0.0414. The molecule has 1 aromatic carbocycles. The standard InChI is InChI=1S/C16H20N2O3/c1-16(2,9-7-15(20)21)17-14(19)11-18-10-8-12-5-3-4-6-13(12)18/h3-6,8,10H,7,9,11H2,1-2H3,(H,17,19)(H,20,21). The van der Waals surface area contributed by atoms with E-state index in [1.165, 1.54) is 0 Å². The Labute approximate surface area is 123 Å². The third kappa shape index (κ3) is 4.08. The largest absolute Gasteiger partial charge is 0.481 e. The lowest BCUT2D eigenvalue weighted by molar-refractivity contribution is -0.137. The van der Waals surface area contributed by atoms with Crippen LogP contribution in [0.1, 0.15) is 26.7 Å². The molecule has 0 aliphatic heterocycles. The van der Waals surface area contributed by atoms with Gasteiger partial charge in [-0.3, -0.25) is 9.59 Å². The third-order valence-corrected chi connectivity index (χ3v) is 3.44. The summed E-state index contributed by atoms with van der Waals surface area (Å²) in [7, 11) is 0. The summed E-state index contributed by atoms with van der Waals surface area (Å²) in [5.41, 5.74) is 0.481. The fraction of sp³-hybridized carbons (Fsp3) is 0.375. The molecule has 1 amide bonds. The van der Waals surface area contributed by atoms with Crippen molar-refractivity contribution in [1.29, 1.82) is 0 Å². The second kappa shape index (κ2) is 5.99. The summed E-state index contributed by atoms with van der Waals surface area (Å²) < 4.78 is 1.89. The van der Waals surface area contributed by atoms with Crippen LogP contribution in [0.15, 0.2) is 36.5 Å². The van der Waals surface area contributed by atoms with Crippen LogP contribution in [0.3, 0.4) is 0 Å². The Kier molecular flexibility index (Phi) is 4.31. The number of carboxylic acid groups (broad SMARTS) is 1. The molecule has 0 unspecified atom stereocenters. The van der Waals surface area contributed by atoms with Gasteiger partial charge in [-0.2, -0.15) is 0 Å². The van der Waals surface area contributed by atoms with Gasteiger partial charge in [0.2, 0.25) is 5.91 Å². The van der Waals surface area contributed by atoms with Crippen LogP contribution in [0.25, 0.3) is 10.9 Å². The number of hydrogen-bond donors (Lipinski definition) is 2. The summed E-state index contributed by atoms with van der Waals surface area (Å²) in [4.78, 5) is 22.8. The van der Waals surface area contributed by atoms with E-state index < -0.39 is 11.5 Å². The number of para-hydroxylation sites is 1. The number of benzene rings is 1. The highest BCUT2D eigenvalue weighted by atomic mass is 16.4. The van der Waals surface area contributed by atoms with Crippen LogP contribution in [0.5, 0.6) is 0 Å². The molecule has 0 aliphatic carbocycles. The number of fused-ring (bicyclic) bond motifs is 1. The maximum atomic E-state index is 12.1. The zero-order valence-electron chi connectivity index (χ0n) is 12.3. The number of aromatic nitrogens is 1. The molecule has 0 saturated carbocycles. The van der Waals surface area contributed by atoms with Crippen molar-refractivity contribution >= 4 is 22.8 Å². The molecule has 5 nitrogen and oxygen atoms in total. The first kappa shape index (κ1) is 15.1. The number of hydrogen-bond acceptors (Lipinski definition) is 2. The van der Waals surface area contributed by atoms with E-state index in [-0.39, 0.29) is 18.9 Å². The van der Waals surface area contributed by atoms with Crippen LogP contribution in [0.4, 0.5) is 0 Å². The van der Waals surface area contributed by atoms with Gasteiger partial charge in [0, 0.05) is 23.7 Å². The molecule has 1 aromatic heterocycles. The number of amides is 1. The van der Waals surface area contributed by atoms with Crippen LogP contribution >= 0.6 is 0 Å². The molecule has 2 rings (SSSR count). The smallest absolute Gasteiger partial charge is 0.303 e. The molecule has 0 atom stereocenters. The molecular weight excluding hydrogens is 268 g/mol. The van der Waals surface area contributed by atoms with Gasteiger partial charge in [0.05, 0.1) is 0 Å². The molecule has 112 valence electrons. The van der Waals surface area contributed by atoms with Crippen LogP contribution in [-0.4, -0.2) is 27.1 Å². The zero-order chi connectivity index (χ0) is 15.5. The number of aliphatic carboxylic acids is 1. The fourth-order valence-electron chi connectivity index (χ4n) is 2.33. The second-order valence-corrected chi connectivity index (χ2v) is 5.83. The van der Waals surface area contributed by atoms with Gasteiger partial charge in [0.25, 0.3) is 0 Å². The maximum absolute atomic E-state index is 12.1. The van der Waals surface area contributed by atoms with Crippen molar-refractivity contribution in [3.8, 4) is 0 Å². The first-order valence-corrected chi connectivity index (χ1v) is 6.94. The Morgan fingerprint density at radius 1 is 1.24 bits per heavy atom. The van der Waals surface area contributed by atoms with E-state index in [9.17, 15) is 9.59 Å². The number of carboxylic acids is 1. The molecule has 0 bridgehead atoms. The summed E-state index contributed by atoms with van der Waals surface area (Å²) >= 11 is 0. The Morgan fingerprint density at radius 2 is 1.95 bits per heavy atom. The van der Waals surface area contributed by atoms with Crippen LogP contribution in [0, 0.1) is 0 Å². The first-order chi connectivity index (χ1) is 9.87. The van der Waals surface area contributed by atoms with E-state index in [0.717, 1.165) is 10.9 Å². The summed E-state index contributed by atoms with van der Waals surface area (Å²) in [5, 5.41) is 12.7. The Balaban J connectivity index is 2.00. The molecule has 0 spiro atoms. The molecule has 0 radical (unpaired) electrons. The highest BCUT2D eigenvalue weighted by Crippen LogP contribution is 2.15. The van der Waals surface area contributed by atoms with E-state index in [1.807, 2.05) is 54.9 Å². The van der Waals surface area contributed by atoms with Gasteiger partial charge >= 0.3 is 5.97 Å². The summed E-state index contributed by atoms with van der Waals surface area (Å²) in [6.07, 6.45) is 2.33. The number of nitrogens with zero attached hydrogens (tertiary/aromatic N) is 1.